The molecule has 2 aromatic heterocycles. The van der Waals surface area contributed by atoms with Crippen molar-refractivity contribution < 1.29 is 0 Å². The molecule has 0 saturated heterocycles. The van der Waals surface area contributed by atoms with Crippen molar-refractivity contribution in [1.82, 2.24) is 9.13 Å². The van der Waals surface area contributed by atoms with E-state index in [0.29, 0.717) is 0 Å². The fourth-order valence-corrected chi connectivity index (χ4v) is 7.38. The minimum absolute atomic E-state index is 0.00432. The molecular formula is C41H30N2. The number of nitrogens with zero attached hydrogens (tertiary/aromatic N) is 2. The lowest BCUT2D eigenvalue weighted by molar-refractivity contribution is 0.660. The Morgan fingerprint density at radius 1 is 0.465 bits per heavy atom. The van der Waals surface area contributed by atoms with E-state index in [1.807, 2.05) is 0 Å². The van der Waals surface area contributed by atoms with Crippen LogP contribution in [-0.2, 0) is 5.41 Å². The van der Waals surface area contributed by atoms with E-state index in [1.54, 1.807) is 0 Å². The number of fused-ring (bicyclic) bond motifs is 7. The number of hydrogen-bond donors (Lipinski definition) is 0. The Balaban J connectivity index is 1.17. The van der Waals surface area contributed by atoms with Gasteiger partial charge in [0.25, 0.3) is 0 Å². The van der Waals surface area contributed by atoms with Crippen molar-refractivity contribution in [3.8, 4) is 33.6 Å². The first-order valence-electron chi connectivity index (χ1n) is 15.0. The molecule has 0 N–H and O–H groups in total. The lowest BCUT2D eigenvalue weighted by Gasteiger charge is -2.22. The zero-order valence-corrected chi connectivity index (χ0v) is 24.3. The Labute approximate surface area is 251 Å². The average molecular weight is 551 g/mol. The van der Waals surface area contributed by atoms with E-state index in [4.69, 9.17) is 0 Å². The second-order valence-electron chi connectivity index (χ2n) is 12.3. The Bertz CT molecular complexity index is 2350. The van der Waals surface area contributed by atoms with Gasteiger partial charge in [-0.2, -0.15) is 0 Å². The van der Waals surface area contributed by atoms with Crippen LogP contribution >= 0.6 is 0 Å². The molecule has 0 radical (unpaired) electrons. The van der Waals surface area contributed by atoms with Crippen LogP contribution in [0.4, 0.5) is 0 Å². The maximum atomic E-state index is 2.41. The van der Waals surface area contributed by atoms with Gasteiger partial charge in [-0.15, -0.1) is 0 Å². The molecule has 0 saturated carbocycles. The highest BCUT2D eigenvalue weighted by molar-refractivity contribution is 6.13. The second-order valence-corrected chi connectivity index (χ2v) is 12.3. The molecule has 204 valence electrons. The topological polar surface area (TPSA) is 9.86 Å². The summed E-state index contributed by atoms with van der Waals surface area (Å²) >= 11 is 0. The molecule has 1 aliphatic carbocycles. The lowest BCUT2D eigenvalue weighted by atomic mass is 9.81. The van der Waals surface area contributed by atoms with Gasteiger partial charge in [0.15, 0.2) is 0 Å². The van der Waals surface area contributed by atoms with Crippen LogP contribution in [0.2, 0.25) is 0 Å². The largest absolute Gasteiger partial charge is 0.317 e. The van der Waals surface area contributed by atoms with Crippen LogP contribution in [0.25, 0.3) is 66.3 Å². The molecule has 2 heterocycles. The molecule has 9 rings (SSSR count). The summed E-state index contributed by atoms with van der Waals surface area (Å²) < 4.78 is 4.70. The lowest BCUT2D eigenvalue weighted by Crippen LogP contribution is -2.14. The van der Waals surface area contributed by atoms with Crippen LogP contribution in [0.3, 0.4) is 0 Å². The van der Waals surface area contributed by atoms with Crippen LogP contribution < -0.4 is 0 Å². The highest BCUT2D eigenvalue weighted by atomic mass is 15.0. The second kappa shape index (κ2) is 8.83. The Morgan fingerprint density at radius 3 is 2.05 bits per heavy atom. The number of benzene rings is 6. The monoisotopic (exact) mass is 550 g/mol. The van der Waals surface area contributed by atoms with E-state index in [1.165, 1.54) is 77.5 Å². The fourth-order valence-electron chi connectivity index (χ4n) is 7.38. The molecule has 8 aromatic rings. The van der Waals surface area contributed by atoms with Crippen molar-refractivity contribution in [1.29, 1.82) is 0 Å². The van der Waals surface area contributed by atoms with Crippen LogP contribution in [0.15, 0.2) is 146 Å². The molecule has 43 heavy (non-hydrogen) atoms. The van der Waals surface area contributed by atoms with E-state index in [2.05, 4.69) is 169 Å². The molecule has 0 fully saturated rings. The van der Waals surface area contributed by atoms with Gasteiger partial charge in [-0.3, -0.25) is 0 Å². The first-order chi connectivity index (χ1) is 21.1. The van der Waals surface area contributed by atoms with Crippen molar-refractivity contribution in [2.45, 2.75) is 19.3 Å². The summed E-state index contributed by atoms with van der Waals surface area (Å²) in [5, 5.41) is 3.77. The Hall–Kier alpha value is -5.34. The van der Waals surface area contributed by atoms with Gasteiger partial charge < -0.3 is 9.13 Å². The van der Waals surface area contributed by atoms with Crippen LogP contribution in [-0.4, -0.2) is 9.13 Å². The summed E-state index contributed by atoms with van der Waals surface area (Å²) in [6.45, 7) is 4.69. The first-order valence-corrected chi connectivity index (χ1v) is 15.0. The van der Waals surface area contributed by atoms with Gasteiger partial charge in [0.05, 0.1) is 16.6 Å². The quantitative estimate of drug-likeness (QED) is 0.207. The summed E-state index contributed by atoms with van der Waals surface area (Å²) in [4.78, 5) is 0. The summed E-state index contributed by atoms with van der Waals surface area (Å²) in [5.41, 5.74) is 14.1. The number of aromatic nitrogens is 2. The summed E-state index contributed by atoms with van der Waals surface area (Å²) in [5.74, 6) is 0. The molecule has 0 unspecified atom stereocenters. The first kappa shape index (κ1) is 24.3. The van der Waals surface area contributed by atoms with E-state index < -0.39 is 0 Å². The highest BCUT2D eigenvalue weighted by Crippen LogP contribution is 2.49. The summed E-state index contributed by atoms with van der Waals surface area (Å²) in [6, 6.07) is 51.2. The molecule has 2 heteroatoms. The molecule has 1 aliphatic rings. The van der Waals surface area contributed by atoms with Crippen LogP contribution in [0, 0.1) is 0 Å². The van der Waals surface area contributed by atoms with Gasteiger partial charge in [-0.25, -0.2) is 0 Å². The molecule has 0 amide bonds. The van der Waals surface area contributed by atoms with Crippen LogP contribution in [0.5, 0.6) is 0 Å². The molecule has 6 aromatic carbocycles. The summed E-state index contributed by atoms with van der Waals surface area (Å²) in [7, 11) is 0. The molecule has 0 bridgehead atoms. The standard InChI is InChI=1S/C41H30N2/c1-41(2)36-14-8-6-12-32(36)33-21-18-28(24-37(33)41)27-16-19-31(20-17-27)43-38-15-9-7-13-34(38)35-26-39-29(25-40(35)43)22-23-42(39)30-10-4-3-5-11-30/h3-26H,1-2H3. The maximum absolute atomic E-state index is 2.41. The van der Waals surface area contributed by atoms with Gasteiger partial charge in [0.1, 0.15) is 0 Å². The van der Waals surface area contributed by atoms with Gasteiger partial charge in [0.2, 0.25) is 0 Å². The Morgan fingerprint density at radius 2 is 1.19 bits per heavy atom. The minimum Gasteiger partial charge on any atom is -0.317 e. The van der Waals surface area contributed by atoms with E-state index >= 15 is 0 Å². The molecule has 0 spiro atoms. The molecule has 0 atom stereocenters. The van der Waals surface area contributed by atoms with Crippen molar-refractivity contribution >= 4 is 32.7 Å². The van der Waals surface area contributed by atoms with Gasteiger partial charge in [-0.05, 0) is 88.0 Å². The van der Waals surface area contributed by atoms with Crippen LogP contribution in [0.1, 0.15) is 25.0 Å². The minimum atomic E-state index is -0.00432. The third-order valence-corrected chi connectivity index (χ3v) is 9.56. The number of hydrogen-bond acceptors (Lipinski definition) is 0. The third-order valence-electron chi connectivity index (χ3n) is 9.56. The zero-order valence-electron chi connectivity index (χ0n) is 24.3. The van der Waals surface area contributed by atoms with Crippen molar-refractivity contribution in [2.24, 2.45) is 0 Å². The number of rotatable bonds is 3. The van der Waals surface area contributed by atoms with Gasteiger partial charge in [-0.1, -0.05) is 98.8 Å². The molecular weight excluding hydrogens is 520 g/mol. The van der Waals surface area contributed by atoms with Gasteiger partial charge >= 0.3 is 0 Å². The van der Waals surface area contributed by atoms with E-state index in [-0.39, 0.29) is 5.41 Å². The molecule has 2 nitrogen and oxygen atoms in total. The normalized spacial score (nSPS) is 13.5. The van der Waals surface area contributed by atoms with Crippen molar-refractivity contribution in [3.05, 3.63) is 157 Å². The highest BCUT2D eigenvalue weighted by Gasteiger charge is 2.35. The smallest absolute Gasteiger partial charge is 0.0548 e. The molecule has 0 aliphatic heterocycles. The van der Waals surface area contributed by atoms with Crippen molar-refractivity contribution in [3.63, 3.8) is 0 Å². The van der Waals surface area contributed by atoms with Gasteiger partial charge in [0, 0.05) is 39.1 Å². The fraction of sp³-hybridized carbons (Fsp3) is 0.0732. The number of para-hydroxylation sites is 2. The van der Waals surface area contributed by atoms with E-state index in [0.717, 1.165) is 0 Å². The summed E-state index contributed by atoms with van der Waals surface area (Å²) in [6.07, 6.45) is 2.18. The predicted molar refractivity (Wildman–Crippen MR) is 181 cm³/mol. The zero-order chi connectivity index (χ0) is 28.7. The average Bonchev–Trinajstić information content (AvgIpc) is 3.69. The Kier molecular flexibility index (Phi) is 4.99. The predicted octanol–water partition coefficient (Wildman–Crippen LogP) is 10.7. The van der Waals surface area contributed by atoms with E-state index in [9.17, 15) is 0 Å². The van der Waals surface area contributed by atoms with Crippen molar-refractivity contribution in [2.75, 3.05) is 0 Å². The SMILES string of the molecule is CC1(C)c2ccccc2-c2ccc(-c3ccc(-n4c5ccccc5c5cc6c(ccn6-c6ccccc6)cc54)cc3)cc21. The maximum Gasteiger partial charge on any atom is 0.0548 e. The third kappa shape index (κ3) is 3.47.